The minimum absolute atomic E-state index is 0.130. The van der Waals surface area contributed by atoms with Crippen molar-refractivity contribution in [2.45, 2.75) is 33.2 Å². The van der Waals surface area contributed by atoms with Crippen LogP contribution in [0.25, 0.3) is 10.9 Å². The molecule has 0 amide bonds. The van der Waals surface area contributed by atoms with Gasteiger partial charge >= 0.3 is 0 Å². The highest BCUT2D eigenvalue weighted by Crippen LogP contribution is 2.34. The Morgan fingerprint density at radius 1 is 1.21 bits per heavy atom. The van der Waals surface area contributed by atoms with E-state index in [2.05, 4.69) is 44.8 Å². The van der Waals surface area contributed by atoms with E-state index in [0.29, 0.717) is 5.89 Å². The summed E-state index contributed by atoms with van der Waals surface area (Å²) in [5.41, 5.74) is 3.35. The molecule has 1 unspecified atom stereocenters. The molecule has 1 saturated heterocycles. The van der Waals surface area contributed by atoms with Crippen molar-refractivity contribution in [3.05, 3.63) is 41.7 Å². The maximum absolute atomic E-state index is 5.51. The number of ether oxygens (including phenoxy) is 1. The molecule has 3 heterocycles. The number of nitrogens with zero attached hydrogens (tertiary/aromatic N) is 5. The molecule has 148 valence electrons. The van der Waals surface area contributed by atoms with E-state index >= 15 is 0 Å². The fourth-order valence-corrected chi connectivity index (χ4v) is 3.94. The summed E-state index contributed by atoms with van der Waals surface area (Å²) in [4.78, 5) is 14.0. The number of benzene rings is 1. The van der Waals surface area contributed by atoms with Crippen molar-refractivity contribution in [1.82, 2.24) is 20.0 Å². The minimum Gasteiger partial charge on any atom is -0.494 e. The van der Waals surface area contributed by atoms with Gasteiger partial charge in [-0.15, -0.1) is 0 Å². The van der Waals surface area contributed by atoms with Crippen molar-refractivity contribution in [2.24, 2.45) is 0 Å². The van der Waals surface area contributed by atoms with Crippen LogP contribution in [0, 0.1) is 6.92 Å². The first-order valence-corrected chi connectivity index (χ1v) is 9.86. The van der Waals surface area contributed by atoms with Crippen molar-refractivity contribution >= 4 is 16.6 Å². The molecule has 1 aromatic carbocycles. The Kier molecular flexibility index (Phi) is 5.17. The number of para-hydroxylation sites is 1. The molecule has 0 N–H and O–H groups in total. The molecular formula is C21H27N5O2. The van der Waals surface area contributed by atoms with Gasteiger partial charge in [0.05, 0.1) is 18.8 Å². The molecule has 0 saturated carbocycles. The highest BCUT2D eigenvalue weighted by Gasteiger charge is 2.27. The number of aryl methyl sites for hydroxylation is 2. The van der Waals surface area contributed by atoms with Gasteiger partial charge < -0.3 is 14.2 Å². The van der Waals surface area contributed by atoms with Gasteiger partial charge in [0.25, 0.3) is 0 Å². The number of anilines is 1. The second-order valence-electron chi connectivity index (χ2n) is 7.25. The number of pyridine rings is 1. The van der Waals surface area contributed by atoms with E-state index in [1.807, 2.05) is 25.3 Å². The summed E-state index contributed by atoms with van der Waals surface area (Å²) in [7, 11) is 1.69. The number of hydrogen-bond donors (Lipinski definition) is 0. The van der Waals surface area contributed by atoms with E-state index in [9.17, 15) is 0 Å². The third-order valence-electron chi connectivity index (χ3n) is 5.57. The molecule has 0 aliphatic carbocycles. The molecule has 7 heteroatoms. The number of rotatable bonds is 5. The lowest BCUT2D eigenvalue weighted by atomic mass is 10.1. The summed E-state index contributed by atoms with van der Waals surface area (Å²) in [5.74, 6) is 2.29. The van der Waals surface area contributed by atoms with Crippen LogP contribution in [0.4, 0.5) is 5.69 Å². The molecule has 28 heavy (non-hydrogen) atoms. The van der Waals surface area contributed by atoms with Crippen LogP contribution >= 0.6 is 0 Å². The zero-order valence-corrected chi connectivity index (χ0v) is 17.0. The van der Waals surface area contributed by atoms with Crippen molar-refractivity contribution in [2.75, 3.05) is 38.2 Å². The lowest BCUT2D eigenvalue weighted by Gasteiger charge is -2.39. The van der Waals surface area contributed by atoms with Crippen LogP contribution in [-0.4, -0.2) is 53.3 Å². The zero-order chi connectivity index (χ0) is 19.7. The summed E-state index contributed by atoms with van der Waals surface area (Å²) in [5, 5.41) is 5.18. The quantitative estimate of drug-likeness (QED) is 0.671. The lowest BCUT2D eigenvalue weighted by Crippen LogP contribution is -2.47. The lowest BCUT2D eigenvalue weighted by molar-refractivity contribution is 0.164. The van der Waals surface area contributed by atoms with E-state index in [1.165, 1.54) is 11.3 Å². The van der Waals surface area contributed by atoms with Gasteiger partial charge in [-0.05, 0) is 25.5 Å². The van der Waals surface area contributed by atoms with Crippen molar-refractivity contribution in [1.29, 1.82) is 0 Å². The number of methoxy groups -OCH3 is 1. The molecule has 0 bridgehead atoms. The maximum atomic E-state index is 5.51. The third kappa shape index (κ3) is 3.30. The predicted molar refractivity (Wildman–Crippen MR) is 109 cm³/mol. The molecule has 1 aliphatic heterocycles. The molecule has 7 nitrogen and oxygen atoms in total. The van der Waals surface area contributed by atoms with Gasteiger partial charge in [-0.25, -0.2) is 0 Å². The Morgan fingerprint density at radius 3 is 2.68 bits per heavy atom. The van der Waals surface area contributed by atoms with Gasteiger partial charge in [-0.3, -0.25) is 9.88 Å². The summed E-state index contributed by atoms with van der Waals surface area (Å²) in [6, 6.07) is 6.26. The monoisotopic (exact) mass is 381 g/mol. The molecule has 0 radical (unpaired) electrons. The Bertz CT molecular complexity index is 963. The van der Waals surface area contributed by atoms with Crippen LogP contribution in [0.2, 0.25) is 0 Å². The fraction of sp³-hybridized carbons (Fsp3) is 0.476. The number of aromatic nitrogens is 3. The second-order valence-corrected chi connectivity index (χ2v) is 7.25. The van der Waals surface area contributed by atoms with E-state index in [4.69, 9.17) is 9.26 Å². The van der Waals surface area contributed by atoms with E-state index in [0.717, 1.165) is 55.1 Å². The van der Waals surface area contributed by atoms with Crippen LogP contribution in [0.5, 0.6) is 5.75 Å². The zero-order valence-electron chi connectivity index (χ0n) is 17.0. The van der Waals surface area contributed by atoms with E-state index in [-0.39, 0.29) is 6.04 Å². The average molecular weight is 381 g/mol. The molecule has 4 rings (SSSR count). The van der Waals surface area contributed by atoms with Crippen molar-refractivity contribution in [3.63, 3.8) is 0 Å². The first-order valence-electron chi connectivity index (χ1n) is 9.86. The molecule has 0 spiro atoms. The van der Waals surface area contributed by atoms with Gasteiger partial charge in [0.2, 0.25) is 5.89 Å². The van der Waals surface area contributed by atoms with Gasteiger partial charge in [0.15, 0.2) is 5.82 Å². The largest absolute Gasteiger partial charge is 0.494 e. The Balaban J connectivity index is 1.54. The molecular weight excluding hydrogens is 354 g/mol. The normalized spacial score (nSPS) is 16.5. The standard InChI is InChI=1S/C21H27N5O2/c1-5-18-23-21(28-24-18)15(3)25-9-11-26(12-10-25)20-14(2)13-22-19-16(20)7-6-8-17(19)27-4/h6-8,13,15H,5,9-12H2,1-4H3. The molecule has 1 fully saturated rings. The third-order valence-corrected chi connectivity index (χ3v) is 5.57. The maximum Gasteiger partial charge on any atom is 0.243 e. The minimum atomic E-state index is 0.130. The smallest absolute Gasteiger partial charge is 0.243 e. The topological polar surface area (TPSA) is 67.5 Å². The van der Waals surface area contributed by atoms with Gasteiger partial charge in [-0.1, -0.05) is 24.2 Å². The van der Waals surface area contributed by atoms with E-state index < -0.39 is 0 Å². The fourth-order valence-electron chi connectivity index (χ4n) is 3.94. The van der Waals surface area contributed by atoms with Crippen LogP contribution < -0.4 is 9.64 Å². The van der Waals surface area contributed by atoms with Crippen LogP contribution in [-0.2, 0) is 6.42 Å². The highest BCUT2D eigenvalue weighted by atomic mass is 16.5. The number of piperazine rings is 1. The second kappa shape index (κ2) is 7.75. The first kappa shape index (κ1) is 18.7. The highest BCUT2D eigenvalue weighted by molar-refractivity contribution is 5.96. The SMILES string of the molecule is CCc1noc(C(C)N2CCN(c3c(C)cnc4c(OC)cccc34)CC2)n1. The molecule has 1 atom stereocenters. The molecule has 3 aromatic rings. The number of fused-ring (bicyclic) bond motifs is 1. The van der Waals surface area contributed by atoms with Crippen LogP contribution in [0.3, 0.4) is 0 Å². The Hall–Kier alpha value is -2.67. The first-order chi connectivity index (χ1) is 13.6. The Labute approximate surface area is 165 Å². The van der Waals surface area contributed by atoms with Gasteiger partial charge in [0, 0.05) is 44.2 Å². The molecule has 1 aliphatic rings. The predicted octanol–water partition coefficient (Wildman–Crippen LogP) is 3.38. The molecule has 2 aromatic heterocycles. The summed E-state index contributed by atoms with van der Waals surface area (Å²) in [6.07, 6.45) is 2.74. The van der Waals surface area contributed by atoms with Crippen LogP contribution in [0.15, 0.2) is 28.9 Å². The van der Waals surface area contributed by atoms with E-state index in [1.54, 1.807) is 7.11 Å². The summed E-state index contributed by atoms with van der Waals surface area (Å²) in [6.45, 7) is 10.1. The van der Waals surface area contributed by atoms with Crippen molar-refractivity contribution < 1.29 is 9.26 Å². The number of hydrogen-bond acceptors (Lipinski definition) is 7. The average Bonchev–Trinajstić information content (AvgIpc) is 3.22. The summed E-state index contributed by atoms with van der Waals surface area (Å²) >= 11 is 0. The van der Waals surface area contributed by atoms with Crippen molar-refractivity contribution in [3.8, 4) is 5.75 Å². The summed E-state index contributed by atoms with van der Waals surface area (Å²) < 4.78 is 11.0. The van der Waals surface area contributed by atoms with Gasteiger partial charge in [0.1, 0.15) is 11.3 Å². The Morgan fingerprint density at radius 2 is 2.00 bits per heavy atom. The van der Waals surface area contributed by atoms with Crippen LogP contribution in [0.1, 0.15) is 37.2 Å². The van der Waals surface area contributed by atoms with Gasteiger partial charge in [-0.2, -0.15) is 4.98 Å².